The third-order valence-corrected chi connectivity index (χ3v) is 3.59. The normalized spacial score (nSPS) is 11.6. The monoisotopic (exact) mass is 369 g/mol. The number of nitrogens with one attached hydrogen (secondary N) is 1. The van der Waals surface area contributed by atoms with Crippen molar-refractivity contribution in [3.8, 4) is 5.88 Å². The smallest absolute Gasteiger partial charge is 0.350 e. The molecule has 2 aromatic rings. The average Bonchev–Trinajstić information content (AvgIpc) is 3.00. The number of anilines is 1. The predicted octanol–water partition coefficient (Wildman–Crippen LogP) is 2.56. The second-order valence-electron chi connectivity index (χ2n) is 4.85. The van der Waals surface area contributed by atoms with Gasteiger partial charge >= 0.3 is 11.6 Å². The zero-order valence-corrected chi connectivity index (χ0v) is 13.8. The summed E-state index contributed by atoms with van der Waals surface area (Å²) in [5, 5.41) is 28.1. The number of aromatic nitrogens is 2. The molecule has 1 N–H and O–H groups in total. The summed E-state index contributed by atoms with van der Waals surface area (Å²) in [5.41, 5.74) is -0.597. The van der Waals surface area contributed by atoms with Crippen LogP contribution in [0.4, 0.5) is 17.1 Å². The Balaban J connectivity index is 2.25. The van der Waals surface area contributed by atoms with Crippen LogP contribution in [0.5, 0.6) is 5.88 Å². The molecule has 1 unspecified atom stereocenters. The van der Waals surface area contributed by atoms with Gasteiger partial charge in [-0.1, -0.05) is 11.6 Å². The van der Waals surface area contributed by atoms with Gasteiger partial charge in [0.15, 0.2) is 0 Å². The number of methoxy groups -OCH3 is 1. The van der Waals surface area contributed by atoms with E-state index in [-0.39, 0.29) is 22.3 Å². The third kappa shape index (κ3) is 3.83. The zero-order chi connectivity index (χ0) is 18.7. The lowest BCUT2D eigenvalue weighted by molar-refractivity contribution is -0.385. The summed E-state index contributed by atoms with van der Waals surface area (Å²) >= 11 is 5.92. The molecule has 0 radical (unpaired) electrons. The van der Waals surface area contributed by atoms with Crippen LogP contribution >= 0.6 is 11.6 Å². The van der Waals surface area contributed by atoms with Crippen molar-refractivity contribution in [1.29, 1.82) is 0 Å². The standard InChI is InChI=1S/C13H12ClN5O6/c1-7(17-6-11(19(23)24)13(16-17)25-2)12(20)15-10-5-8(18(21)22)3-4-9(10)14/h3-7H,1-2H3,(H,15,20). The van der Waals surface area contributed by atoms with E-state index in [9.17, 15) is 25.0 Å². The highest BCUT2D eigenvalue weighted by molar-refractivity contribution is 6.33. The van der Waals surface area contributed by atoms with Gasteiger partial charge in [-0.15, -0.1) is 5.10 Å². The van der Waals surface area contributed by atoms with Crippen molar-refractivity contribution in [1.82, 2.24) is 9.78 Å². The van der Waals surface area contributed by atoms with Crippen LogP contribution in [0, 0.1) is 20.2 Å². The molecule has 11 nitrogen and oxygen atoms in total. The van der Waals surface area contributed by atoms with Crippen molar-refractivity contribution < 1.29 is 19.4 Å². The number of hydrogen-bond acceptors (Lipinski definition) is 7. The number of non-ortho nitro benzene ring substituents is 1. The molecule has 1 heterocycles. The number of nitro benzene ring substituents is 1. The highest BCUT2D eigenvalue weighted by atomic mass is 35.5. The summed E-state index contributed by atoms with van der Waals surface area (Å²) in [6.07, 6.45) is 1.05. The molecule has 0 spiro atoms. The van der Waals surface area contributed by atoms with Gasteiger partial charge in [0.1, 0.15) is 12.2 Å². The van der Waals surface area contributed by atoms with Gasteiger partial charge < -0.3 is 10.1 Å². The molecule has 1 aromatic carbocycles. The van der Waals surface area contributed by atoms with Crippen LogP contribution in [0.1, 0.15) is 13.0 Å². The molecule has 1 atom stereocenters. The fourth-order valence-electron chi connectivity index (χ4n) is 1.91. The summed E-state index contributed by atoms with van der Waals surface area (Å²) in [5.74, 6) is -0.861. The van der Waals surface area contributed by atoms with Gasteiger partial charge in [0.05, 0.1) is 27.7 Å². The highest BCUT2D eigenvalue weighted by Gasteiger charge is 2.25. The third-order valence-electron chi connectivity index (χ3n) is 3.26. The molecule has 132 valence electrons. The van der Waals surface area contributed by atoms with E-state index in [1.165, 1.54) is 26.2 Å². The minimum atomic E-state index is -0.960. The van der Waals surface area contributed by atoms with Crippen molar-refractivity contribution in [2.75, 3.05) is 12.4 Å². The van der Waals surface area contributed by atoms with E-state index < -0.39 is 27.5 Å². The maximum Gasteiger partial charge on any atom is 0.350 e. The van der Waals surface area contributed by atoms with Gasteiger partial charge in [-0.25, -0.2) is 4.68 Å². The molecule has 25 heavy (non-hydrogen) atoms. The first kappa shape index (κ1) is 18.1. The molecular weight excluding hydrogens is 358 g/mol. The van der Waals surface area contributed by atoms with Gasteiger partial charge in [0.25, 0.3) is 5.69 Å². The summed E-state index contributed by atoms with van der Waals surface area (Å²) in [6.45, 7) is 1.44. The number of hydrogen-bond donors (Lipinski definition) is 1. The van der Waals surface area contributed by atoms with Gasteiger partial charge in [-0.2, -0.15) is 0 Å². The molecule has 0 aliphatic heterocycles. The second kappa shape index (κ2) is 7.13. The van der Waals surface area contributed by atoms with E-state index >= 15 is 0 Å². The Labute approximate surface area is 145 Å². The van der Waals surface area contributed by atoms with Crippen LogP contribution in [-0.4, -0.2) is 32.6 Å². The van der Waals surface area contributed by atoms with E-state index in [1.807, 2.05) is 0 Å². The van der Waals surface area contributed by atoms with E-state index in [0.29, 0.717) is 0 Å². The number of carbonyl (C=O) groups is 1. The minimum absolute atomic E-state index is 0.0429. The lowest BCUT2D eigenvalue weighted by Crippen LogP contribution is -2.24. The fourth-order valence-corrected chi connectivity index (χ4v) is 2.08. The predicted molar refractivity (Wildman–Crippen MR) is 86.9 cm³/mol. The Kier molecular flexibility index (Phi) is 5.17. The molecule has 12 heteroatoms. The van der Waals surface area contributed by atoms with E-state index in [1.54, 1.807) is 0 Å². The largest absolute Gasteiger partial charge is 0.475 e. The molecule has 1 amide bonds. The molecule has 0 aliphatic carbocycles. The molecule has 0 saturated carbocycles. The fraction of sp³-hybridized carbons (Fsp3) is 0.231. The van der Waals surface area contributed by atoms with Crippen LogP contribution in [0.2, 0.25) is 5.02 Å². The molecule has 0 fully saturated rings. The Morgan fingerprint density at radius 2 is 2.04 bits per heavy atom. The first-order valence-electron chi connectivity index (χ1n) is 6.77. The number of benzene rings is 1. The molecule has 1 aromatic heterocycles. The van der Waals surface area contributed by atoms with E-state index in [0.717, 1.165) is 16.9 Å². The van der Waals surface area contributed by atoms with Crippen LogP contribution in [0.25, 0.3) is 0 Å². The number of rotatable bonds is 6. The van der Waals surface area contributed by atoms with Gasteiger partial charge in [-0.05, 0) is 13.0 Å². The zero-order valence-electron chi connectivity index (χ0n) is 13.0. The lowest BCUT2D eigenvalue weighted by Gasteiger charge is -2.13. The quantitative estimate of drug-likeness (QED) is 0.608. The highest BCUT2D eigenvalue weighted by Crippen LogP contribution is 2.29. The molecule has 0 aliphatic rings. The van der Waals surface area contributed by atoms with Gasteiger partial charge in [-0.3, -0.25) is 25.0 Å². The van der Waals surface area contributed by atoms with Crippen LogP contribution < -0.4 is 10.1 Å². The Hall–Kier alpha value is -3.21. The second-order valence-corrected chi connectivity index (χ2v) is 5.25. The first-order chi connectivity index (χ1) is 11.7. The summed E-state index contributed by atoms with van der Waals surface area (Å²) in [6, 6.07) is 2.63. The van der Waals surface area contributed by atoms with E-state index in [2.05, 4.69) is 10.4 Å². The maximum atomic E-state index is 12.3. The Morgan fingerprint density at radius 1 is 1.36 bits per heavy atom. The Bertz CT molecular complexity index is 851. The first-order valence-corrected chi connectivity index (χ1v) is 7.14. The van der Waals surface area contributed by atoms with Gasteiger partial charge in [0, 0.05) is 12.1 Å². The number of nitro groups is 2. The number of halogens is 1. The molecule has 0 bridgehead atoms. The SMILES string of the molecule is COc1nn(C(C)C(=O)Nc2cc([N+](=O)[O-])ccc2Cl)cc1[N+](=O)[O-]. The number of nitrogens with zero attached hydrogens (tertiary/aromatic N) is 4. The average molecular weight is 370 g/mol. The van der Waals surface area contributed by atoms with Crippen molar-refractivity contribution in [3.63, 3.8) is 0 Å². The van der Waals surface area contributed by atoms with Crippen LogP contribution in [0.3, 0.4) is 0 Å². The minimum Gasteiger partial charge on any atom is -0.475 e. The summed E-state index contributed by atoms with van der Waals surface area (Å²) < 4.78 is 5.85. The number of ether oxygens (including phenoxy) is 1. The van der Waals surface area contributed by atoms with Crippen molar-refractivity contribution >= 4 is 34.6 Å². The van der Waals surface area contributed by atoms with Crippen molar-refractivity contribution in [2.24, 2.45) is 0 Å². The molecule has 0 saturated heterocycles. The molecule has 2 rings (SSSR count). The summed E-state index contributed by atoms with van der Waals surface area (Å²) in [7, 11) is 1.22. The lowest BCUT2D eigenvalue weighted by atomic mass is 10.2. The summed E-state index contributed by atoms with van der Waals surface area (Å²) in [4.78, 5) is 32.7. The number of amides is 1. The Morgan fingerprint density at radius 3 is 2.56 bits per heavy atom. The van der Waals surface area contributed by atoms with Crippen molar-refractivity contribution in [2.45, 2.75) is 13.0 Å². The van der Waals surface area contributed by atoms with Gasteiger partial charge in [0.2, 0.25) is 5.91 Å². The molecular formula is C13H12ClN5O6. The maximum absolute atomic E-state index is 12.3. The van der Waals surface area contributed by atoms with Crippen LogP contribution in [0.15, 0.2) is 24.4 Å². The van der Waals surface area contributed by atoms with Crippen LogP contribution in [-0.2, 0) is 4.79 Å². The van der Waals surface area contributed by atoms with E-state index in [4.69, 9.17) is 16.3 Å². The number of carbonyl (C=O) groups excluding carboxylic acids is 1. The van der Waals surface area contributed by atoms with Crippen molar-refractivity contribution in [3.05, 3.63) is 49.6 Å². The topological polar surface area (TPSA) is 142 Å².